The van der Waals surface area contributed by atoms with Crippen LogP contribution < -0.4 is 0 Å². The Morgan fingerprint density at radius 3 is 1.77 bits per heavy atom. The summed E-state index contributed by atoms with van der Waals surface area (Å²) in [5.74, 6) is 0.180. The predicted octanol–water partition coefficient (Wildman–Crippen LogP) is 11.3. The molecule has 0 aromatic heterocycles. The molecule has 6 heteroatoms. The molecule has 0 amide bonds. The highest BCUT2D eigenvalue weighted by Gasteiger charge is 2.35. The minimum atomic E-state index is -0.804. The zero-order valence-electron chi connectivity index (χ0n) is 31.4. The number of aliphatic hydroxyl groups is 1. The first-order valence-corrected chi connectivity index (χ1v) is 20.0. The number of ether oxygens (including phenoxy) is 3. The van der Waals surface area contributed by atoms with Crippen LogP contribution in [0.4, 0.5) is 0 Å². The number of hydrogen-bond donors (Lipinski definition) is 1. The van der Waals surface area contributed by atoms with Crippen molar-refractivity contribution in [2.24, 2.45) is 5.92 Å². The van der Waals surface area contributed by atoms with Gasteiger partial charge in [-0.3, -0.25) is 9.59 Å². The molecule has 0 spiro atoms. The van der Waals surface area contributed by atoms with Gasteiger partial charge in [0.1, 0.15) is 6.61 Å². The van der Waals surface area contributed by atoms with Crippen molar-refractivity contribution in [3.8, 4) is 0 Å². The molecule has 0 radical (unpaired) electrons. The normalized spacial score (nSPS) is 16.9. The Labute approximate surface area is 295 Å². The van der Waals surface area contributed by atoms with Crippen LogP contribution in [0.5, 0.6) is 0 Å². The van der Waals surface area contributed by atoms with Gasteiger partial charge < -0.3 is 19.3 Å². The lowest BCUT2D eigenvalue weighted by Gasteiger charge is -2.15. The van der Waals surface area contributed by atoms with Gasteiger partial charge in [0.25, 0.3) is 0 Å². The maximum absolute atomic E-state index is 12.2. The van der Waals surface area contributed by atoms with Gasteiger partial charge in [0.2, 0.25) is 0 Å². The molecule has 3 atom stereocenters. The van der Waals surface area contributed by atoms with Crippen molar-refractivity contribution in [3.05, 3.63) is 36.5 Å². The van der Waals surface area contributed by atoms with E-state index in [1.165, 1.54) is 96.3 Å². The Hall–Kier alpha value is -1.92. The number of esters is 2. The van der Waals surface area contributed by atoms with Crippen LogP contribution >= 0.6 is 0 Å². The third kappa shape index (κ3) is 29.0. The lowest BCUT2D eigenvalue weighted by molar-refractivity contribution is -0.161. The zero-order valence-corrected chi connectivity index (χ0v) is 31.4. The average Bonchev–Trinajstić information content (AvgIpc) is 3.83. The Morgan fingerprint density at radius 2 is 1.17 bits per heavy atom. The summed E-state index contributed by atoms with van der Waals surface area (Å²) in [5, 5.41) is 9.56. The van der Waals surface area contributed by atoms with Crippen molar-refractivity contribution in [1.29, 1.82) is 0 Å². The molecule has 278 valence electrons. The molecule has 1 fully saturated rings. The van der Waals surface area contributed by atoms with Crippen LogP contribution in [0.25, 0.3) is 0 Å². The second-order valence-electron chi connectivity index (χ2n) is 14.2. The monoisotopic (exact) mass is 675 g/mol. The van der Waals surface area contributed by atoms with Crippen molar-refractivity contribution >= 4 is 11.9 Å². The van der Waals surface area contributed by atoms with E-state index in [9.17, 15) is 14.7 Å². The molecule has 1 saturated heterocycles. The predicted molar refractivity (Wildman–Crippen MR) is 200 cm³/mol. The number of rotatable bonds is 34. The Bertz CT molecular complexity index is 847. The molecule has 2 unspecified atom stereocenters. The van der Waals surface area contributed by atoms with E-state index in [0.29, 0.717) is 25.0 Å². The lowest BCUT2D eigenvalue weighted by atomic mass is 10.0. The standard InChI is InChI=1S/C42H74O6/c1-4-5-6-7-8-14-18-21-26-31-39-40(48-39)32-27-23-24-29-34-42(45)47-38(35-43)36-46-41(44)33-28-22-19-16-13-11-9-10-12-15-17-20-25-30-37(2)3/h8,14,21,23,26-27,37-40,43H,4-7,9-13,15-20,22,24-25,28-36H2,1-3H3/b14-8-,26-21-,27-23-/t38-,39?,40?/m0/s1. The fourth-order valence-corrected chi connectivity index (χ4v) is 5.83. The molecule has 1 aliphatic rings. The number of hydrogen-bond acceptors (Lipinski definition) is 6. The number of unbranched alkanes of at least 4 members (excludes halogenated alkanes) is 16. The Balaban J connectivity index is 1.92. The summed E-state index contributed by atoms with van der Waals surface area (Å²) in [6.07, 6.45) is 40.9. The van der Waals surface area contributed by atoms with E-state index in [2.05, 4.69) is 57.2 Å². The first-order valence-electron chi connectivity index (χ1n) is 20.0. The number of carbonyl (C=O) groups is 2. The second kappa shape index (κ2) is 32.3. The highest BCUT2D eigenvalue weighted by Crippen LogP contribution is 2.29. The third-order valence-corrected chi connectivity index (χ3v) is 9.02. The number of carbonyl (C=O) groups excluding carboxylic acids is 2. The van der Waals surface area contributed by atoms with Gasteiger partial charge in [-0.1, -0.05) is 154 Å². The first kappa shape index (κ1) is 44.1. The summed E-state index contributed by atoms with van der Waals surface area (Å²) in [6.45, 7) is 6.40. The van der Waals surface area contributed by atoms with Crippen LogP contribution in [-0.4, -0.2) is 48.6 Å². The van der Waals surface area contributed by atoms with E-state index in [-0.39, 0.29) is 31.6 Å². The van der Waals surface area contributed by atoms with Gasteiger partial charge >= 0.3 is 11.9 Å². The van der Waals surface area contributed by atoms with Crippen LogP contribution in [0.2, 0.25) is 0 Å². The topological polar surface area (TPSA) is 85.4 Å². The third-order valence-electron chi connectivity index (χ3n) is 9.02. The molecule has 1 rings (SSSR count). The van der Waals surface area contributed by atoms with Crippen LogP contribution in [0.15, 0.2) is 36.5 Å². The molecule has 1 aliphatic heterocycles. The molecule has 1 N–H and O–H groups in total. The minimum absolute atomic E-state index is 0.0909. The van der Waals surface area contributed by atoms with E-state index in [0.717, 1.165) is 50.9 Å². The molecule has 1 heterocycles. The largest absolute Gasteiger partial charge is 0.462 e. The van der Waals surface area contributed by atoms with Gasteiger partial charge in [-0.05, 0) is 57.3 Å². The van der Waals surface area contributed by atoms with Crippen LogP contribution in [0, 0.1) is 5.92 Å². The molecule has 0 aliphatic carbocycles. The minimum Gasteiger partial charge on any atom is -0.462 e. The van der Waals surface area contributed by atoms with Gasteiger partial charge in [-0.2, -0.15) is 0 Å². The van der Waals surface area contributed by atoms with Crippen molar-refractivity contribution in [1.82, 2.24) is 0 Å². The van der Waals surface area contributed by atoms with Crippen LogP contribution in [0.3, 0.4) is 0 Å². The highest BCUT2D eigenvalue weighted by atomic mass is 16.6. The molecule has 0 aromatic rings. The molecule has 0 bridgehead atoms. The van der Waals surface area contributed by atoms with E-state index in [1.807, 2.05) is 0 Å². The molecule has 0 saturated carbocycles. The summed E-state index contributed by atoms with van der Waals surface area (Å²) >= 11 is 0. The maximum Gasteiger partial charge on any atom is 0.306 e. The molecule has 0 aromatic carbocycles. The van der Waals surface area contributed by atoms with Crippen molar-refractivity contribution in [2.75, 3.05) is 13.2 Å². The fraction of sp³-hybridized carbons (Fsp3) is 0.810. The fourth-order valence-electron chi connectivity index (χ4n) is 5.83. The van der Waals surface area contributed by atoms with Crippen LogP contribution in [0.1, 0.15) is 181 Å². The van der Waals surface area contributed by atoms with Gasteiger partial charge in [0.05, 0.1) is 18.8 Å². The number of allylic oxidation sites excluding steroid dienone is 4. The SMILES string of the molecule is CCCCC/C=C\C/C=C\CC1OC1C/C=C\CCCC(=O)O[C@@H](CO)COC(=O)CCCCCCCCCCCCCCCC(C)C. The summed E-state index contributed by atoms with van der Waals surface area (Å²) in [6, 6.07) is 0. The summed E-state index contributed by atoms with van der Waals surface area (Å²) in [4.78, 5) is 24.3. The molecule has 48 heavy (non-hydrogen) atoms. The number of epoxide rings is 1. The second-order valence-corrected chi connectivity index (χ2v) is 14.2. The van der Waals surface area contributed by atoms with E-state index in [4.69, 9.17) is 14.2 Å². The lowest BCUT2D eigenvalue weighted by Crippen LogP contribution is -2.28. The molecular weight excluding hydrogens is 600 g/mol. The van der Waals surface area contributed by atoms with Crippen molar-refractivity contribution in [2.45, 2.75) is 200 Å². The first-order chi connectivity index (χ1) is 23.5. The molecule has 6 nitrogen and oxygen atoms in total. The summed E-state index contributed by atoms with van der Waals surface area (Å²) < 4.78 is 16.3. The smallest absolute Gasteiger partial charge is 0.306 e. The molecular formula is C42H74O6. The van der Waals surface area contributed by atoms with Crippen LogP contribution in [-0.2, 0) is 23.8 Å². The zero-order chi connectivity index (χ0) is 34.9. The van der Waals surface area contributed by atoms with E-state index >= 15 is 0 Å². The Kier molecular flexibility index (Phi) is 29.7. The summed E-state index contributed by atoms with van der Waals surface area (Å²) in [7, 11) is 0. The van der Waals surface area contributed by atoms with E-state index < -0.39 is 6.10 Å². The van der Waals surface area contributed by atoms with Crippen molar-refractivity contribution in [3.63, 3.8) is 0 Å². The average molecular weight is 675 g/mol. The highest BCUT2D eigenvalue weighted by molar-refractivity contribution is 5.70. The van der Waals surface area contributed by atoms with E-state index in [1.54, 1.807) is 0 Å². The van der Waals surface area contributed by atoms with Gasteiger partial charge in [0.15, 0.2) is 6.10 Å². The summed E-state index contributed by atoms with van der Waals surface area (Å²) in [5.41, 5.74) is 0. The Morgan fingerprint density at radius 1 is 0.646 bits per heavy atom. The van der Waals surface area contributed by atoms with Gasteiger partial charge in [0, 0.05) is 12.8 Å². The van der Waals surface area contributed by atoms with Gasteiger partial charge in [-0.25, -0.2) is 0 Å². The van der Waals surface area contributed by atoms with Crippen molar-refractivity contribution < 1.29 is 28.9 Å². The van der Waals surface area contributed by atoms with Gasteiger partial charge in [-0.15, -0.1) is 0 Å². The number of aliphatic hydroxyl groups excluding tert-OH is 1. The maximum atomic E-state index is 12.2. The quantitative estimate of drug-likeness (QED) is 0.0316.